The number of rotatable bonds is 7. The maximum absolute atomic E-state index is 12.4. The summed E-state index contributed by atoms with van der Waals surface area (Å²) in [7, 11) is 1.47. The van der Waals surface area contributed by atoms with E-state index in [4.69, 9.17) is 9.84 Å². The van der Waals surface area contributed by atoms with Crippen LogP contribution < -0.4 is 10.6 Å². The van der Waals surface area contributed by atoms with Gasteiger partial charge in [0, 0.05) is 25.6 Å². The van der Waals surface area contributed by atoms with Crippen molar-refractivity contribution in [1.29, 1.82) is 0 Å². The molecule has 1 unspecified atom stereocenters. The Hall–Kier alpha value is -4.14. The molecule has 2 aromatic carbocycles. The van der Waals surface area contributed by atoms with E-state index in [-0.39, 0.29) is 30.6 Å². The molecule has 9 nitrogen and oxygen atoms in total. The van der Waals surface area contributed by atoms with Gasteiger partial charge < -0.3 is 20.5 Å². The lowest BCUT2D eigenvalue weighted by molar-refractivity contribution is -0.119. The molecule has 3 N–H and O–H groups in total. The van der Waals surface area contributed by atoms with Crippen LogP contribution in [0.3, 0.4) is 0 Å². The van der Waals surface area contributed by atoms with Crippen molar-refractivity contribution in [3.05, 3.63) is 71.4 Å². The van der Waals surface area contributed by atoms with Crippen LogP contribution in [-0.2, 0) is 16.6 Å². The van der Waals surface area contributed by atoms with Crippen LogP contribution in [0.5, 0.6) is 0 Å². The predicted octanol–water partition coefficient (Wildman–Crippen LogP) is 3.23. The molecule has 9 heteroatoms. The zero-order valence-corrected chi connectivity index (χ0v) is 18.2. The molecule has 1 heterocycles. The van der Waals surface area contributed by atoms with Gasteiger partial charge in [0.15, 0.2) is 5.82 Å². The molecule has 1 atom stereocenters. The molecule has 3 aromatic rings. The molecule has 0 saturated carbocycles. The lowest BCUT2D eigenvalue weighted by atomic mass is 9.98. The normalized spacial score (nSPS) is 13.0. The standard InChI is InChI=1S/C24H24N4O5/c1-14(22(29)26-21-11-20(23(30)31)28(2)27-21)12-25-24(32)33-13-19-17-9-5-3-7-15(17)16-8-4-6-10-18(16)19/h3-11,14,19H,12-13H2,1-2H3,(H,25,32)(H,30,31)(H,26,27,29). The van der Waals surface area contributed by atoms with Gasteiger partial charge in [0.05, 0.1) is 5.92 Å². The Kier molecular flexibility index (Phi) is 6.12. The van der Waals surface area contributed by atoms with Gasteiger partial charge >= 0.3 is 12.1 Å². The number of carboxylic acids is 1. The molecule has 4 rings (SSSR count). The third-order valence-electron chi connectivity index (χ3n) is 5.69. The molecule has 170 valence electrons. The largest absolute Gasteiger partial charge is 0.477 e. The Morgan fingerprint density at radius 2 is 1.70 bits per heavy atom. The number of carboxylic acid groups (broad SMARTS) is 1. The van der Waals surface area contributed by atoms with Crippen molar-refractivity contribution in [2.45, 2.75) is 12.8 Å². The molecule has 1 aliphatic carbocycles. The summed E-state index contributed by atoms with van der Waals surface area (Å²) < 4.78 is 6.64. The fraction of sp³-hybridized carbons (Fsp3) is 0.250. The number of aryl methyl sites for hydroxylation is 1. The first kappa shape index (κ1) is 22.1. The number of anilines is 1. The Bertz CT molecular complexity index is 1170. The molecule has 2 amide bonds. The fourth-order valence-electron chi connectivity index (χ4n) is 3.96. The summed E-state index contributed by atoms with van der Waals surface area (Å²) in [5.74, 6) is -2.04. The fourth-order valence-corrected chi connectivity index (χ4v) is 3.96. The van der Waals surface area contributed by atoms with Crippen molar-refractivity contribution in [2.75, 3.05) is 18.5 Å². The van der Waals surface area contributed by atoms with Crippen molar-refractivity contribution >= 4 is 23.8 Å². The summed E-state index contributed by atoms with van der Waals surface area (Å²) in [6.07, 6.45) is -0.609. The van der Waals surface area contributed by atoms with E-state index in [1.165, 1.54) is 13.1 Å². The number of amides is 2. The number of nitrogens with one attached hydrogen (secondary N) is 2. The summed E-state index contributed by atoms with van der Waals surface area (Å²) in [5, 5.41) is 18.2. The number of ether oxygens (including phenoxy) is 1. The first-order chi connectivity index (χ1) is 15.8. The highest BCUT2D eigenvalue weighted by Gasteiger charge is 2.29. The van der Waals surface area contributed by atoms with Crippen LogP contribution in [0.4, 0.5) is 10.6 Å². The number of aromatic carboxylic acids is 1. The molecule has 0 spiro atoms. The minimum atomic E-state index is -1.14. The minimum absolute atomic E-state index is 0.0449. The van der Waals surface area contributed by atoms with Crippen LogP contribution in [0.1, 0.15) is 34.5 Å². The van der Waals surface area contributed by atoms with E-state index in [0.717, 1.165) is 26.9 Å². The highest BCUT2D eigenvalue weighted by atomic mass is 16.5. The van der Waals surface area contributed by atoms with E-state index in [0.29, 0.717) is 0 Å². The molecule has 0 bridgehead atoms. The number of carbonyl (C=O) groups excluding carboxylic acids is 2. The number of nitrogens with zero attached hydrogens (tertiary/aromatic N) is 2. The second-order valence-electron chi connectivity index (χ2n) is 7.94. The summed E-state index contributed by atoms with van der Waals surface area (Å²) in [6.45, 7) is 1.88. The second-order valence-corrected chi connectivity index (χ2v) is 7.94. The van der Waals surface area contributed by atoms with Crippen LogP contribution in [0, 0.1) is 5.92 Å². The Balaban J connectivity index is 1.30. The monoisotopic (exact) mass is 448 g/mol. The number of hydrogen-bond acceptors (Lipinski definition) is 5. The van der Waals surface area contributed by atoms with Crippen molar-refractivity contribution in [3.63, 3.8) is 0 Å². The number of aromatic nitrogens is 2. The van der Waals surface area contributed by atoms with Gasteiger partial charge in [-0.1, -0.05) is 55.5 Å². The summed E-state index contributed by atoms with van der Waals surface area (Å²) >= 11 is 0. The van der Waals surface area contributed by atoms with E-state index in [1.54, 1.807) is 6.92 Å². The third kappa shape index (κ3) is 4.57. The first-order valence-electron chi connectivity index (χ1n) is 10.5. The van der Waals surface area contributed by atoms with Crippen LogP contribution in [0.25, 0.3) is 11.1 Å². The molecule has 0 saturated heterocycles. The highest BCUT2D eigenvalue weighted by molar-refractivity contribution is 5.93. The first-order valence-corrected chi connectivity index (χ1v) is 10.5. The molecular weight excluding hydrogens is 424 g/mol. The van der Waals surface area contributed by atoms with Crippen molar-refractivity contribution in [3.8, 4) is 11.1 Å². The number of carbonyl (C=O) groups is 3. The van der Waals surface area contributed by atoms with Gasteiger partial charge in [0.25, 0.3) is 0 Å². The van der Waals surface area contributed by atoms with Gasteiger partial charge in [0.2, 0.25) is 5.91 Å². The van der Waals surface area contributed by atoms with Crippen molar-refractivity contribution in [1.82, 2.24) is 15.1 Å². The van der Waals surface area contributed by atoms with Crippen molar-refractivity contribution < 1.29 is 24.2 Å². The second kappa shape index (κ2) is 9.15. The number of fused-ring (bicyclic) bond motifs is 3. The average molecular weight is 448 g/mol. The Morgan fingerprint density at radius 1 is 1.09 bits per heavy atom. The summed E-state index contributed by atoms with van der Waals surface area (Å²) in [6, 6.07) is 17.4. The SMILES string of the molecule is CC(CNC(=O)OCC1c2ccccc2-c2ccccc21)C(=O)Nc1cc(C(=O)O)n(C)n1. The molecule has 0 radical (unpaired) electrons. The summed E-state index contributed by atoms with van der Waals surface area (Å²) in [5.41, 5.74) is 4.49. The lowest BCUT2D eigenvalue weighted by Gasteiger charge is -2.16. The number of benzene rings is 2. The van der Waals surface area contributed by atoms with Crippen LogP contribution in [0.15, 0.2) is 54.6 Å². The highest BCUT2D eigenvalue weighted by Crippen LogP contribution is 2.44. The molecular formula is C24H24N4O5. The van der Waals surface area contributed by atoms with E-state index in [9.17, 15) is 14.4 Å². The maximum atomic E-state index is 12.4. The van der Waals surface area contributed by atoms with Gasteiger partial charge in [0.1, 0.15) is 12.3 Å². The van der Waals surface area contributed by atoms with E-state index in [2.05, 4.69) is 27.9 Å². The molecule has 1 aromatic heterocycles. The van der Waals surface area contributed by atoms with Gasteiger partial charge in [-0.25, -0.2) is 9.59 Å². The van der Waals surface area contributed by atoms with E-state index in [1.807, 2.05) is 36.4 Å². The smallest absolute Gasteiger partial charge is 0.407 e. The number of alkyl carbamates (subject to hydrolysis) is 1. The molecule has 0 aliphatic heterocycles. The topological polar surface area (TPSA) is 123 Å². The molecule has 0 fully saturated rings. The van der Waals surface area contributed by atoms with Crippen LogP contribution in [-0.4, -0.2) is 46.0 Å². The van der Waals surface area contributed by atoms with Gasteiger partial charge in [-0.05, 0) is 22.3 Å². The zero-order chi connectivity index (χ0) is 23.5. The molecule has 1 aliphatic rings. The van der Waals surface area contributed by atoms with Gasteiger partial charge in [-0.3, -0.25) is 9.48 Å². The quantitative estimate of drug-likeness (QED) is 0.510. The predicted molar refractivity (Wildman–Crippen MR) is 121 cm³/mol. The van der Waals surface area contributed by atoms with Crippen LogP contribution >= 0.6 is 0 Å². The molecule has 33 heavy (non-hydrogen) atoms. The number of hydrogen-bond donors (Lipinski definition) is 3. The van der Waals surface area contributed by atoms with E-state index >= 15 is 0 Å². The maximum Gasteiger partial charge on any atom is 0.407 e. The van der Waals surface area contributed by atoms with Gasteiger partial charge in [-0.2, -0.15) is 5.10 Å². The van der Waals surface area contributed by atoms with Gasteiger partial charge in [-0.15, -0.1) is 0 Å². The zero-order valence-electron chi connectivity index (χ0n) is 18.2. The van der Waals surface area contributed by atoms with Crippen molar-refractivity contribution in [2.24, 2.45) is 13.0 Å². The Morgan fingerprint density at radius 3 is 2.27 bits per heavy atom. The average Bonchev–Trinajstić information content (AvgIpc) is 3.33. The Labute approximate surface area is 190 Å². The third-order valence-corrected chi connectivity index (χ3v) is 5.69. The van der Waals surface area contributed by atoms with E-state index < -0.39 is 23.9 Å². The minimum Gasteiger partial charge on any atom is -0.477 e. The van der Waals surface area contributed by atoms with Crippen LogP contribution in [0.2, 0.25) is 0 Å². The lowest BCUT2D eigenvalue weighted by Crippen LogP contribution is -2.35. The summed E-state index contributed by atoms with van der Waals surface area (Å²) in [4.78, 5) is 35.7.